The van der Waals surface area contributed by atoms with Crippen molar-refractivity contribution in [2.75, 3.05) is 0 Å². The third-order valence-electron chi connectivity index (χ3n) is 4.23. The first-order valence-electron chi connectivity index (χ1n) is 7.31. The Labute approximate surface area is 124 Å². The lowest BCUT2D eigenvalue weighted by Gasteiger charge is -2.08. The number of nitrogens with two attached hydrogens (primary N) is 1. The second-order valence-corrected chi connectivity index (χ2v) is 5.53. The van der Waals surface area contributed by atoms with Gasteiger partial charge < -0.3 is 5.73 Å². The minimum atomic E-state index is 0.184. The zero-order chi connectivity index (χ0) is 14.2. The van der Waals surface area contributed by atoms with Crippen molar-refractivity contribution in [3.05, 3.63) is 72.1 Å². The Morgan fingerprint density at radius 1 is 1.05 bits per heavy atom. The summed E-state index contributed by atoms with van der Waals surface area (Å²) in [7, 11) is 0. The molecule has 1 unspecified atom stereocenters. The standard InChI is InChI=1S/C18H17N3/c19-18-10-9-16-15(7-4-8-17(16)18)13-11-20-21(12-13)14-5-2-1-3-6-14/h1-8,11-12,18H,9-10,19H2. The molecule has 21 heavy (non-hydrogen) atoms. The van der Waals surface area contributed by atoms with E-state index in [4.69, 9.17) is 5.73 Å². The Balaban J connectivity index is 1.78. The number of fused-ring (bicyclic) bond motifs is 1. The van der Waals surface area contributed by atoms with Gasteiger partial charge in [-0.05, 0) is 41.7 Å². The molecule has 3 heteroatoms. The minimum absolute atomic E-state index is 0.184. The van der Waals surface area contributed by atoms with Crippen LogP contribution in [0.15, 0.2) is 60.9 Å². The number of nitrogens with zero attached hydrogens (tertiary/aromatic N) is 2. The van der Waals surface area contributed by atoms with Gasteiger partial charge in [0.1, 0.15) is 0 Å². The molecule has 0 saturated carbocycles. The zero-order valence-corrected chi connectivity index (χ0v) is 11.7. The first-order valence-corrected chi connectivity index (χ1v) is 7.31. The molecule has 0 fully saturated rings. The molecular formula is C18H17N3. The summed E-state index contributed by atoms with van der Waals surface area (Å²) in [6, 6.07) is 16.8. The van der Waals surface area contributed by atoms with Gasteiger partial charge in [0.25, 0.3) is 0 Å². The van der Waals surface area contributed by atoms with Gasteiger partial charge in [-0.3, -0.25) is 0 Å². The maximum absolute atomic E-state index is 6.17. The van der Waals surface area contributed by atoms with E-state index in [0.29, 0.717) is 0 Å². The predicted molar refractivity (Wildman–Crippen MR) is 84.2 cm³/mol. The SMILES string of the molecule is NC1CCc2c(-c3cnn(-c4ccccc4)c3)cccc21. The molecule has 3 aromatic rings. The molecule has 0 radical (unpaired) electrons. The van der Waals surface area contributed by atoms with Crippen molar-refractivity contribution >= 4 is 0 Å². The van der Waals surface area contributed by atoms with Crippen LogP contribution in [0.4, 0.5) is 0 Å². The molecule has 1 heterocycles. The van der Waals surface area contributed by atoms with Gasteiger partial charge in [0.05, 0.1) is 11.9 Å². The van der Waals surface area contributed by atoms with Crippen LogP contribution in [0.2, 0.25) is 0 Å². The van der Waals surface area contributed by atoms with Crippen LogP contribution in [-0.2, 0) is 6.42 Å². The highest BCUT2D eigenvalue weighted by Crippen LogP contribution is 2.36. The fourth-order valence-corrected chi connectivity index (χ4v) is 3.14. The summed E-state index contributed by atoms with van der Waals surface area (Å²) in [5.41, 5.74) is 12.3. The summed E-state index contributed by atoms with van der Waals surface area (Å²) in [4.78, 5) is 0. The normalized spacial score (nSPS) is 16.9. The molecular weight excluding hydrogens is 258 g/mol. The van der Waals surface area contributed by atoms with Crippen LogP contribution in [0.5, 0.6) is 0 Å². The van der Waals surface area contributed by atoms with Gasteiger partial charge in [-0.25, -0.2) is 4.68 Å². The average molecular weight is 275 g/mol. The van der Waals surface area contributed by atoms with E-state index in [1.54, 1.807) is 0 Å². The third kappa shape index (κ3) is 2.06. The molecule has 1 aliphatic carbocycles. The molecule has 1 aromatic heterocycles. The van der Waals surface area contributed by atoms with Gasteiger partial charge in [0, 0.05) is 17.8 Å². The van der Waals surface area contributed by atoms with Crippen LogP contribution in [0, 0.1) is 0 Å². The quantitative estimate of drug-likeness (QED) is 0.778. The summed E-state index contributed by atoms with van der Waals surface area (Å²) in [5, 5.41) is 4.49. The number of rotatable bonds is 2. The van der Waals surface area contributed by atoms with Gasteiger partial charge in [-0.1, -0.05) is 36.4 Å². The van der Waals surface area contributed by atoms with Crippen molar-refractivity contribution in [3.63, 3.8) is 0 Å². The van der Waals surface area contributed by atoms with E-state index in [0.717, 1.165) is 24.1 Å². The fraction of sp³-hybridized carbons (Fsp3) is 0.167. The number of aromatic nitrogens is 2. The van der Waals surface area contributed by atoms with Gasteiger partial charge >= 0.3 is 0 Å². The Bertz CT molecular complexity index is 774. The lowest BCUT2D eigenvalue weighted by molar-refractivity contribution is 0.713. The lowest BCUT2D eigenvalue weighted by Crippen LogP contribution is -2.04. The summed E-state index contributed by atoms with van der Waals surface area (Å²) in [6.45, 7) is 0. The van der Waals surface area contributed by atoms with Crippen LogP contribution in [0.1, 0.15) is 23.6 Å². The molecule has 3 nitrogen and oxygen atoms in total. The van der Waals surface area contributed by atoms with Crippen molar-refractivity contribution in [3.8, 4) is 16.8 Å². The van der Waals surface area contributed by atoms with Gasteiger partial charge in [0.2, 0.25) is 0 Å². The highest BCUT2D eigenvalue weighted by Gasteiger charge is 2.22. The molecule has 4 rings (SSSR count). The van der Waals surface area contributed by atoms with Crippen LogP contribution in [-0.4, -0.2) is 9.78 Å². The summed E-state index contributed by atoms with van der Waals surface area (Å²) >= 11 is 0. The molecule has 1 atom stereocenters. The summed E-state index contributed by atoms with van der Waals surface area (Å²) in [5.74, 6) is 0. The highest BCUT2D eigenvalue weighted by atomic mass is 15.3. The van der Waals surface area contributed by atoms with Crippen molar-refractivity contribution in [1.29, 1.82) is 0 Å². The highest BCUT2D eigenvalue weighted by molar-refractivity contribution is 5.69. The Morgan fingerprint density at radius 2 is 1.90 bits per heavy atom. The monoisotopic (exact) mass is 275 g/mol. The van der Waals surface area contributed by atoms with Crippen LogP contribution < -0.4 is 5.73 Å². The molecule has 0 amide bonds. The zero-order valence-electron chi connectivity index (χ0n) is 11.7. The molecule has 104 valence electrons. The van der Waals surface area contributed by atoms with Crippen molar-refractivity contribution in [2.45, 2.75) is 18.9 Å². The average Bonchev–Trinajstić information content (AvgIpc) is 3.16. The maximum atomic E-state index is 6.17. The Morgan fingerprint density at radius 3 is 2.76 bits per heavy atom. The van der Waals surface area contributed by atoms with Gasteiger partial charge in [-0.2, -0.15) is 5.10 Å². The first kappa shape index (κ1) is 12.4. The van der Waals surface area contributed by atoms with Crippen molar-refractivity contribution in [2.24, 2.45) is 5.73 Å². The summed E-state index contributed by atoms with van der Waals surface area (Å²) in [6.07, 6.45) is 6.13. The van der Waals surface area contributed by atoms with Crippen LogP contribution in [0.25, 0.3) is 16.8 Å². The second-order valence-electron chi connectivity index (χ2n) is 5.53. The fourth-order valence-electron chi connectivity index (χ4n) is 3.14. The van der Waals surface area contributed by atoms with Gasteiger partial charge in [0.15, 0.2) is 0 Å². The molecule has 0 aliphatic heterocycles. The van der Waals surface area contributed by atoms with E-state index in [1.165, 1.54) is 16.7 Å². The van der Waals surface area contributed by atoms with E-state index in [1.807, 2.05) is 29.1 Å². The Kier molecular flexibility index (Phi) is 2.86. The maximum Gasteiger partial charge on any atom is 0.0645 e. The lowest BCUT2D eigenvalue weighted by atomic mass is 9.99. The van der Waals surface area contributed by atoms with Gasteiger partial charge in [-0.15, -0.1) is 0 Å². The topological polar surface area (TPSA) is 43.8 Å². The third-order valence-corrected chi connectivity index (χ3v) is 4.23. The smallest absolute Gasteiger partial charge is 0.0645 e. The van der Waals surface area contributed by atoms with Crippen molar-refractivity contribution in [1.82, 2.24) is 9.78 Å². The van der Waals surface area contributed by atoms with E-state index >= 15 is 0 Å². The van der Waals surface area contributed by atoms with Crippen LogP contribution in [0.3, 0.4) is 0 Å². The predicted octanol–water partition coefficient (Wildman–Crippen LogP) is 3.49. The number of para-hydroxylation sites is 1. The molecule has 0 saturated heterocycles. The molecule has 0 spiro atoms. The van der Waals surface area contributed by atoms with Crippen LogP contribution >= 0.6 is 0 Å². The molecule has 2 N–H and O–H groups in total. The molecule has 0 bridgehead atoms. The van der Waals surface area contributed by atoms with E-state index in [9.17, 15) is 0 Å². The van der Waals surface area contributed by atoms with E-state index < -0.39 is 0 Å². The van der Waals surface area contributed by atoms with E-state index in [-0.39, 0.29) is 6.04 Å². The first-order chi connectivity index (χ1) is 10.3. The number of hydrogen-bond donors (Lipinski definition) is 1. The minimum Gasteiger partial charge on any atom is -0.324 e. The Hall–Kier alpha value is -2.39. The number of benzene rings is 2. The van der Waals surface area contributed by atoms with E-state index in [2.05, 4.69) is 41.6 Å². The molecule has 1 aliphatic rings. The second kappa shape index (κ2) is 4.86. The molecule has 2 aromatic carbocycles. The summed E-state index contributed by atoms with van der Waals surface area (Å²) < 4.78 is 1.92. The largest absolute Gasteiger partial charge is 0.324 e. The van der Waals surface area contributed by atoms with Crippen molar-refractivity contribution < 1.29 is 0 Å². The number of hydrogen-bond acceptors (Lipinski definition) is 2.